The van der Waals surface area contributed by atoms with Crippen molar-refractivity contribution >= 4 is 34.7 Å². The number of hydrogen-bond donors (Lipinski definition) is 1. The van der Waals surface area contributed by atoms with E-state index in [2.05, 4.69) is 10.3 Å². The summed E-state index contributed by atoms with van der Waals surface area (Å²) >= 11 is 2.69. The van der Waals surface area contributed by atoms with Gasteiger partial charge in [-0.15, -0.1) is 23.1 Å². The van der Waals surface area contributed by atoms with E-state index in [9.17, 15) is 19.3 Å². The predicted molar refractivity (Wildman–Crippen MR) is 106 cm³/mol. The Kier molecular flexibility index (Phi) is 5.10. The first kappa shape index (κ1) is 18.6. The van der Waals surface area contributed by atoms with Gasteiger partial charge >= 0.3 is 0 Å². The lowest BCUT2D eigenvalue weighted by Gasteiger charge is -2.25. The maximum Gasteiger partial charge on any atom is 0.271 e. The van der Waals surface area contributed by atoms with E-state index in [0.717, 1.165) is 11.3 Å². The fourth-order valence-corrected chi connectivity index (χ4v) is 4.97. The molecule has 0 bridgehead atoms. The number of non-ortho nitro benzene ring substituents is 1. The molecule has 0 spiro atoms. The van der Waals surface area contributed by atoms with E-state index in [-0.39, 0.29) is 29.1 Å². The van der Waals surface area contributed by atoms with Gasteiger partial charge in [0, 0.05) is 33.7 Å². The summed E-state index contributed by atoms with van der Waals surface area (Å²) in [5.41, 5.74) is 1.57. The molecular weight excluding hydrogens is 401 g/mol. The minimum atomic E-state index is -0.470. The molecule has 4 rings (SSSR count). The van der Waals surface area contributed by atoms with Crippen LogP contribution in [0.4, 0.5) is 10.1 Å². The van der Waals surface area contributed by atoms with Gasteiger partial charge in [0.1, 0.15) is 16.5 Å². The number of nitro groups is 1. The van der Waals surface area contributed by atoms with Gasteiger partial charge in [0.25, 0.3) is 11.6 Å². The zero-order chi connectivity index (χ0) is 19.7. The number of rotatable bonds is 4. The molecule has 1 atom stereocenters. The number of aromatic nitrogens is 1. The van der Waals surface area contributed by atoms with Gasteiger partial charge in [-0.1, -0.05) is 24.3 Å². The van der Waals surface area contributed by atoms with Crippen LogP contribution in [0, 0.1) is 15.9 Å². The van der Waals surface area contributed by atoms with Crippen LogP contribution in [0.25, 0.3) is 10.6 Å². The molecule has 142 valence electrons. The third-order valence-electron chi connectivity index (χ3n) is 4.37. The average Bonchev–Trinajstić information content (AvgIpc) is 3.19. The lowest BCUT2D eigenvalue weighted by atomic mass is 10.0. The Labute approximate surface area is 168 Å². The highest BCUT2D eigenvalue weighted by molar-refractivity contribution is 7.99. The molecule has 0 aliphatic carbocycles. The molecule has 0 saturated carbocycles. The second-order valence-electron chi connectivity index (χ2n) is 6.17. The minimum Gasteiger partial charge on any atom is -0.344 e. The van der Waals surface area contributed by atoms with Crippen LogP contribution < -0.4 is 5.32 Å². The standard InChI is InChI=1S/C19H14FN3O3S2/c20-14-6-2-5-13-15(7-8-27-17(13)14)21-18(24)16-10-28-19(22-16)11-3-1-4-12(9-11)23(25)26/h1-6,9-10,15H,7-8H2,(H,21,24). The number of amides is 1. The Balaban J connectivity index is 1.54. The van der Waals surface area contributed by atoms with Crippen molar-refractivity contribution in [3.05, 3.63) is 75.0 Å². The molecule has 0 fully saturated rings. The van der Waals surface area contributed by atoms with Gasteiger partial charge in [-0.3, -0.25) is 14.9 Å². The number of halogens is 1. The molecule has 28 heavy (non-hydrogen) atoms. The van der Waals surface area contributed by atoms with Crippen molar-refractivity contribution < 1.29 is 14.1 Å². The largest absolute Gasteiger partial charge is 0.344 e. The average molecular weight is 415 g/mol. The predicted octanol–water partition coefficient (Wildman–Crippen LogP) is 4.82. The van der Waals surface area contributed by atoms with Gasteiger partial charge in [0.05, 0.1) is 11.0 Å². The Hall–Kier alpha value is -2.78. The molecule has 1 aliphatic heterocycles. The molecule has 2 aromatic carbocycles. The first-order chi connectivity index (χ1) is 13.5. The molecular formula is C19H14FN3O3S2. The highest BCUT2D eigenvalue weighted by atomic mass is 32.2. The lowest BCUT2D eigenvalue weighted by molar-refractivity contribution is -0.384. The molecule has 2 heterocycles. The van der Waals surface area contributed by atoms with Gasteiger partial charge in [-0.25, -0.2) is 9.37 Å². The molecule has 1 aromatic heterocycles. The number of carbonyl (C=O) groups excluding carboxylic acids is 1. The van der Waals surface area contributed by atoms with Crippen LogP contribution in [0.2, 0.25) is 0 Å². The van der Waals surface area contributed by atoms with Crippen LogP contribution in [0.1, 0.15) is 28.5 Å². The van der Waals surface area contributed by atoms with Gasteiger partial charge in [-0.05, 0) is 18.1 Å². The quantitative estimate of drug-likeness (QED) is 0.488. The van der Waals surface area contributed by atoms with Crippen molar-refractivity contribution in [1.82, 2.24) is 10.3 Å². The number of fused-ring (bicyclic) bond motifs is 1. The van der Waals surface area contributed by atoms with Gasteiger partial charge in [0.15, 0.2) is 0 Å². The van der Waals surface area contributed by atoms with E-state index in [1.807, 2.05) is 6.07 Å². The summed E-state index contributed by atoms with van der Waals surface area (Å²) in [5.74, 6) is 0.0950. The number of carbonyl (C=O) groups is 1. The summed E-state index contributed by atoms with van der Waals surface area (Å²) in [7, 11) is 0. The smallest absolute Gasteiger partial charge is 0.271 e. The second kappa shape index (κ2) is 7.69. The Morgan fingerprint density at radius 1 is 1.29 bits per heavy atom. The van der Waals surface area contributed by atoms with Crippen molar-refractivity contribution in [2.45, 2.75) is 17.4 Å². The molecule has 1 amide bonds. The molecule has 3 aromatic rings. The summed E-state index contributed by atoms with van der Waals surface area (Å²) in [6.45, 7) is 0. The first-order valence-electron chi connectivity index (χ1n) is 8.45. The molecule has 1 N–H and O–H groups in total. The first-order valence-corrected chi connectivity index (χ1v) is 10.3. The van der Waals surface area contributed by atoms with Crippen LogP contribution in [-0.4, -0.2) is 21.6 Å². The molecule has 1 unspecified atom stereocenters. The van der Waals surface area contributed by atoms with E-state index in [1.54, 1.807) is 23.6 Å². The monoisotopic (exact) mass is 415 g/mol. The number of hydrogen-bond acceptors (Lipinski definition) is 6. The molecule has 0 radical (unpaired) electrons. The number of nitro benzene ring substituents is 1. The van der Waals surface area contributed by atoms with Gasteiger partial charge in [-0.2, -0.15) is 0 Å². The van der Waals surface area contributed by atoms with Crippen molar-refractivity contribution in [3.8, 4) is 10.6 Å². The van der Waals surface area contributed by atoms with Gasteiger partial charge in [0.2, 0.25) is 0 Å². The van der Waals surface area contributed by atoms with Crippen molar-refractivity contribution in [2.24, 2.45) is 0 Å². The summed E-state index contributed by atoms with van der Waals surface area (Å²) in [6, 6.07) is 10.7. The SMILES string of the molecule is O=C(NC1CCSc2c(F)cccc21)c1csc(-c2cccc([N+](=O)[O-])c2)n1. The molecule has 0 saturated heterocycles. The third-order valence-corrected chi connectivity index (χ3v) is 6.42. The summed E-state index contributed by atoms with van der Waals surface area (Å²) in [4.78, 5) is 28.0. The normalized spacial score (nSPS) is 15.7. The van der Waals surface area contributed by atoms with Crippen LogP contribution >= 0.6 is 23.1 Å². The summed E-state index contributed by atoms with van der Waals surface area (Å²) < 4.78 is 14.0. The molecule has 9 heteroatoms. The maximum atomic E-state index is 14.0. The molecule has 1 aliphatic rings. The Bertz CT molecular complexity index is 1070. The highest BCUT2D eigenvalue weighted by Gasteiger charge is 2.25. The summed E-state index contributed by atoms with van der Waals surface area (Å²) in [5, 5.41) is 16.0. The van der Waals surface area contributed by atoms with Crippen LogP contribution in [-0.2, 0) is 0 Å². The minimum absolute atomic E-state index is 0.0305. The van der Waals surface area contributed by atoms with E-state index >= 15 is 0 Å². The summed E-state index contributed by atoms with van der Waals surface area (Å²) in [6.07, 6.45) is 0.703. The van der Waals surface area contributed by atoms with Crippen LogP contribution in [0.5, 0.6) is 0 Å². The highest BCUT2D eigenvalue weighted by Crippen LogP contribution is 2.38. The zero-order valence-electron chi connectivity index (χ0n) is 14.4. The van der Waals surface area contributed by atoms with Crippen molar-refractivity contribution in [1.29, 1.82) is 0 Å². The van der Waals surface area contributed by atoms with Crippen LogP contribution in [0.3, 0.4) is 0 Å². The van der Waals surface area contributed by atoms with E-state index in [4.69, 9.17) is 0 Å². The van der Waals surface area contributed by atoms with Crippen molar-refractivity contribution in [3.63, 3.8) is 0 Å². The Morgan fingerprint density at radius 2 is 2.11 bits per heavy atom. The second-order valence-corrected chi connectivity index (χ2v) is 8.13. The fraction of sp³-hybridized carbons (Fsp3) is 0.158. The Morgan fingerprint density at radius 3 is 2.93 bits per heavy atom. The van der Waals surface area contributed by atoms with E-state index in [0.29, 0.717) is 21.9 Å². The maximum absolute atomic E-state index is 14.0. The number of nitrogens with one attached hydrogen (secondary N) is 1. The number of thioether (sulfide) groups is 1. The zero-order valence-corrected chi connectivity index (χ0v) is 16.1. The topological polar surface area (TPSA) is 85.1 Å². The van der Waals surface area contributed by atoms with E-state index in [1.165, 1.54) is 41.3 Å². The van der Waals surface area contributed by atoms with E-state index < -0.39 is 4.92 Å². The number of thiazole rings is 1. The lowest BCUT2D eigenvalue weighted by Crippen LogP contribution is -2.31. The van der Waals surface area contributed by atoms with Gasteiger partial charge < -0.3 is 5.32 Å². The fourth-order valence-electron chi connectivity index (χ4n) is 3.03. The number of benzene rings is 2. The van der Waals surface area contributed by atoms with Crippen LogP contribution in [0.15, 0.2) is 52.7 Å². The van der Waals surface area contributed by atoms with Crippen molar-refractivity contribution in [2.75, 3.05) is 5.75 Å². The third kappa shape index (κ3) is 3.63. The number of nitrogens with zero attached hydrogens (tertiary/aromatic N) is 2. The molecule has 6 nitrogen and oxygen atoms in total.